The van der Waals surface area contributed by atoms with Gasteiger partial charge in [-0.25, -0.2) is 16.8 Å². The summed E-state index contributed by atoms with van der Waals surface area (Å²) in [6, 6.07) is 0. The fourth-order valence-electron chi connectivity index (χ4n) is 0.735. The maximum absolute atomic E-state index is 12.8. The maximum atomic E-state index is 12.8. The molecule has 25 heavy (non-hydrogen) atoms. The number of nitrogens with one attached hydrogen (secondary N) is 1. The summed E-state index contributed by atoms with van der Waals surface area (Å²) < 4.78 is 187. The molecule has 1 N–H and O–H groups in total. The minimum atomic E-state index is -7.92. The second-order valence-corrected chi connectivity index (χ2v) is 7.40. The molecule has 0 aliphatic carbocycles. The Morgan fingerprint density at radius 3 is 1.08 bits per heavy atom. The Kier molecular flexibility index (Phi) is 7.49. The molecule has 0 amide bonds. The summed E-state index contributed by atoms with van der Waals surface area (Å²) in [5, 5.41) is -14.6. The van der Waals surface area contributed by atoms with E-state index in [1.807, 2.05) is 0 Å². The Morgan fingerprint density at radius 1 is 0.560 bits per heavy atom. The molecule has 5 nitrogen and oxygen atoms in total. The summed E-state index contributed by atoms with van der Waals surface area (Å²) >= 11 is 0. The van der Waals surface area contributed by atoms with Crippen molar-refractivity contribution in [2.24, 2.45) is 0 Å². The zero-order chi connectivity index (χ0) is 20.2. The zero-order valence-electron chi connectivity index (χ0n) is 12.0. The van der Waals surface area contributed by atoms with Crippen LogP contribution >= 0.6 is 0 Å². The van der Waals surface area contributed by atoms with E-state index in [1.54, 1.807) is 0 Å². The third kappa shape index (κ3) is 4.47. The van der Waals surface area contributed by atoms with Gasteiger partial charge in [-0.3, -0.25) is 0 Å². The van der Waals surface area contributed by atoms with Crippen LogP contribution in [0.4, 0.5) is 52.7 Å². The second-order valence-electron chi connectivity index (χ2n) is 3.69. The summed E-state index contributed by atoms with van der Waals surface area (Å²) in [4.78, 5) is 0. The minimum Gasteiger partial charge on any atom is -1.00 e. The predicted octanol–water partition coefficient (Wildman–Crippen LogP) is -0.702. The maximum Gasteiger partial charge on any atom is 1.00 e. The van der Waals surface area contributed by atoms with Crippen LogP contribution in [0.5, 0.6) is 0 Å². The molecule has 0 bridgehead atoms. The first-order chi connectivity index (χ1) is 9.96. The van der Waals surface area contributed by atoms with Crippen LogP contribution in [0.3, 0.4) is 0 Å². The van der Waals surface area contributed by atoms with Crippen LogP contribution < -0.4 is 33.7 Å². The monoisotopic (exact) mass is 455 g/mol. The number of alkyl halides is 12. The van der Waals surface area contributed by atoms with Crippen LogP contribution in [0.25, 0.3) is 0 Å². The van der Waals surface area contributed by atoms with E-state index in [2.05, 4.69) is 0 Å². The molecule has 0 atom stereocenters. The molecular formula is C5H2F12NNaO4S2. The van der Waals surface area contributed by atoms with Gasteiger partial charge in [-0.15, -0.1) is 0 Å². The van der Waals surface area contributed by atoms with Crippen LogP contribution in [0.2, 0.25) is 0 Å². The molecule has 0 aromatic heterocycles. The number of halogens is 12. The molecular weight excluding hydrogens is 453 g/mol. The van der Waals surface area contributed by atoms with Gasteiger partial charge < -0.3 is 1.43 Å². The summed E-state index contributed by atoms with van der Waals surface area (Å²) in [5.41, 5.74) is 0. The number of sulfonamides is 2. The molecule has 0 unspecified atom stereocenters. The van der Waals surface area contributed by atoms with Gasteiger partial charge >= 0.3 is 58.3 Å². The van der Waals surface area contributed by atoms with Gasteiger partial charge in [0.2, 0.25) is 0 Å². The van der Waals surface area contributed by atoms with Gasteiger partial charge in [-0.2, -0.15) is 52.7 Å². The molecule has 0 aliphatic heterocycles. The second kappa shape index (κ2) is 6.88. The van der Waals surface area contributed by atoms with Crippen molar-refractivity contribution in [2.45, 2.75) is 28.8 Å². The minimum absolute atomic E-state index is 0. The van der Waals surface area contributed by atoms with E-state index in [0.29, 0.717) is 0 Å². The van der Waals surface area contributed by atoms with Crippen molar-refractivity contribution in [3.8, 4) is 0 Å². The molecule has 0 aromatic rings. The van der Waals surface area contributed by atoms with Crippen molar-refractivity contribution in [2.75, 3.05) is 0 Å². The average molecular weight is 455 g/mol. The Balaban J connectivity index is -0.00000264. The molecule has 0 saturated carbocycles. The van der Waals surface area contributed by atoms with Crippen LogP contribution in [0.15, 0.2) is 0 Å². The fraction of sp³-hybridized carbons (Fsp3) is 1.00. The van der Waals surface area contributed by atoms with Crippen molar-refractivity contribution >= 4 is 20.0 Å². The first-order valence-electron chi connectivity index (χ1n) is 4.50. The molecule has 148 valence electrons. The van der Waals surface area contributed by atoms with E-state index in [-0.39, 0.29) is 31.0 Å². The smallest absolute Gasteiger partial charge is 1.00 e. The number of hydrogen-bond acceptors (Lipinski definition) is 4. The molecule has 0 heterocycles. The van der Waals surface area contributed by atoms with E-state index >= 15 is 0 Å². The number of hydrogen-bond donors (Lipinski definition) is 1. The van der Waals surface area contributed by atoms with E-state index in [1.165, 1.54) is 0 Å². The van der Waals surface area contributed by atoms with E-state index in [0.717, 1.165) is 0 Å². The summed E-state index contributed by atoms with van der Waals surface area (Å²) in [7, 11) is -15.7. The first kappa shape index (κ1) is 27.2. The first-order valence-corrected chi connectivity index (χ1v) is 7.47. The van der Waals surface area contributed by atoms with Gasteiger partial charge in [-0.1, -0.05) is 4.13 Å². The molecule has 0 aliphatic rings. The third-order valence-corrected chi connectivity index (χ3v) is 5.54. The van der Waals surface area contributed by atoms with Crippen molar-refractivity contribution < 1.29 is 101 Å². The molecule has 0 saturated heterocycles. The Bertz CT molecular complexity index is 698. The van der Waals surface area contributed by atoms with Crippen molar-refractivity contribution in [1.29, 1.82) is 0 Å². The topological polar surface area (TPSA) is 80.3 Å². The van der Waals surface area contributed by atoms with E-state index in [4.69, 9.17) is 0 Å². The molecule has 0 spiro atoms. The average Bonchev–Trinajstić information content (AvgIpc) is 2.23. The molecule has 0 radical (unpaired) electrons. The van der Waals surface area contributed by atoms with Crippen LogP contribution in [-0.2, 0) is 20.0 Å². The fourth-order valence-corrected chi connectivity index (χ4v) is 3.49. The molecule has 0 rings (SSSR count). The van der Waals surface area contributed by atoms with Crippen molar-refractivity contribution in [1.82, 2.24) is 4.13 Å². The Morgan fingerprint density at radius 2 is 0.840 bits per heavy atom. The van der Waals surface area contributed by atoms with Gasteiger partial charge in [0, 0.05) is 0 Å². The van der Waals surface area contributed by atoms with Crippen LogP contribution in [0.1, 0.15) is 1.43 Å². The molecule has 0 aromatic carbocycles. The normalized spacial score (nSPS) is 15.7. The Hall–Kier alpha value is 0.0200. The van der Waals surface area contributed by atoms with Gasteiger partial charge in [0.05, 0.1) is 0 Å². The van der Waals surface area contributed by atoms with Crippen molar-refractivity contribution in [3.63, 3.8) is 0 Å². The van der Waals surface area contributed by atoms with E-state index in [9.17, 15) is 69.5 Å². The SMILES string of the molecule is O=S(=O)(NS(=O)(=O)C(F)(F)C(F)(F)C(F)(F)F)C(F)(F)C(F)(F)F.[H-].[Na+]. The van der Waals surface area contributed by atoms with E-state index < -0.39 is 53.0 Å². The van der Waals surface area contributed by atoms with Crippen LogP contribution in [-0.4, -0.2) is 45.6 Å². The zero-order valence-corrected chi connectivity index (χ0v) is 14.6. The van der Waals surface area contributed by atoms with Crippen LogP contribution in [0, 0.1) is 0 Å². The van der Waals surface area contributed by atoms with Gasteiger partial charge in [-0.05, 0) is 0 Å². The predicted molar refractivity (Wildman–Crippen MR) is 49.0 cm³/mol. The van der Waals surface area contributed by atoms with Crippen molar-refractivity contribution in [3.05, 3.63) is 0 Å². The van der Waals surface area contributed by atoms with Gasteiger partial charge in [0.25, 0.3) is 20.0 Å². The summed E-state index contributed by atoms with van der Waals surface area (Å²) in [6.45, 7) is 0. The Labute approximate surface area is 153 Å². The largest absolute Gasteiger partial charge is 1.00 e. The quantitative estimate of drug-likeness (QED) is 0.440. The van der Waals surface area contributed by atoms with Gasteiger partial charge in [0.1, 0.15) is 0 Å². The number of rotatable bonds is 5. The van der Waals surface area contributed by atoms with Gasteiger partial charge in [0.15, 0.2) is 0 Å². The third-order valence-electron chi connectivity index (χ3n) is 1.95. The summed E-state index contributed by atoms with van der Waals surface area (Å²) in [6.07, 6.45) is -14.4. The summed E-state index contributed by atoms with van der Waals surface area (Å²) in [5.74, 6) is -7.53. The standard InChI is InChI=1S/C5HF12NO4S2.Na.H/c6-1(7,2(8,9)10)4(14,15)23(19,20)18-24(21,22)5(16,17)3(11,12)13;;/h18H;;/q;+1;-1. The molecule has 0 fully saturated rings. The molecule has 20 heteroatoms.